The van der Waals surface area contributed by atoms with Crippen LogP contribution in [0.4, 0.5) is 0 Å². The first-order valence-electron chi connectivity index (χ1n) is 13.8. The summed E-state index contributed by atoms with van der Waals surface area (Å²) in [6.45, 7) is 19.1. The first-order chi connectivity index (χ1) is 14.7. The number of aliphatic hydroxyl groups is 1. The number of rotatable bonds is 5. The molecule has 4 aliphatic rings. The van der Waals surface area contributed by atoms with Crippen LogP contribution in [0.5, 0.6) is 0 Å². The Morgan fingerprint density at radius 3 is 2.22 bits per heavy atom. The molecule has 0 radical (unpaired) electrons. The second kappa shape index (κ2) is 8.11. The zero-order valence-electron chi connectivity index (χ0n) is 22.5. The Hall–Kier alpha value is -0.340. The van der Waals surface area contributed by atoms with E-state index in [9.17, 15) is 5.11 Å². The molecule has 4 rings (SSSR count). The van der Waals surface area contributed by atoms with E-state index in [4.69, 9.17) is 4.74 Å². The van der Waals surface area contributed by atoms with Crippen LogP contribution in [0.25, 0.3) is 0 Å². The van der Waals surface area contributed by atoms with Crippen LogP contribution in [0.1, 0.15) is 126 Å². The molecule has 4 fully saturated rings. The Morgan fingerprint density at radius 2 is 1.53 bits per heavy atom. The molecule has 32 heavy (non-hydrogen) atoms. The second-order valence-corrected chi connectivity index (χ2v) is 14.3. The van der Waals surface area contributed by atoms with Crippen LogP contribution in [0.15, 0.2) is 11.6 Å². The first-order valence-corrected chi connectivity index (χ1v) is 13.8. The van der Waals surface area contributed by atoms with Crippen molar-refractivity contribution in [3.63, 3.8) is 0 Å². The van der Waals surface area contributed by atoms with Crippen LogP contribution in [-0.2, 0) is 4.74 Å². The van der Waals surface area contributed by atoms with Crippen molar-refractivity contribution in [3.05, 3.63) is 11.6 Å². The average molecular weight is 445 g/mol. The quantitative estimate of drug-likeness (QED) is 0.434. The lowest BCUT2D eigenvalue weighted by Crippen LogP contribution is -2.56. The van der Waals surface area contributed by atoms with Gasteiger partial charge in [-0.1, -0.05) is 45.8 Å². The fraction of sp³-hybridized carbons (Fsp3) is 0.933. The molecule has 0 spiro atoms. The fourth-order valence-corrected chi connectivity index (χ4v) is 9.80. The van der Waals surface area contributed by atoms with E-state index >= 15 is 0 Å². The lowest BCUT2D eigenvalue weighted by molar-refractivity contribution is -0.180. The van der Waals surface area contributed by atoms with Gasteiger partial charge in [-0.25, -0.2) is 0 Å². The highest BCUT2D eigenvalue weighted by Crippen LogP contribution is 2.71. The maximum absolute atomic E-state index is 11.3. The van der Waals surface area contributed by atoms with Crippen molar-refractivity contribution in [3.8, 4) is 0 Å². The van der Waals surface area contributed by atoms with Gasteiger partial charge < -0.3 is 9.84 Å². The van der Waals surface area contributed by atoms with Gasteiger partial charge in [-0.3, -0.25) is 0 Å². The van der Waals surface area contributed by atoms with Crippen LogP contribution in [-0.4, -0.2) is 22.4 Å². The summed E-state index contributed by atoms with van der Waals surface area (Å²) >= 11 is 0. The molecule has 3 aliphatic carbocycles. The van der Waals surface area contributed by atoms with E-state index < -0.39 is 5.60 Å². The molecule has 1 N–H and O–H groups in total. The van der Waals surface area contributed by atoms with Crippen molar-refractivity contribution in [2.45, 2.75) is 143 Å². The summed E-state index contributed by atoms with van der Waals surface area (Å²) in [5.41, 5.74) is 1.89. The molecule has 2 nitrogen and oxygen atoms in total. The minimum absolute atomic E-state index is 0.0266. The van der Waals surface area contributed by atoms with E-state index in [1.165, 1.54) is 50.5 Å². The summed E-state index contributed by atoms with van der Waals surface area (Å²) in [6.07, 6.45) is 15.7. The molecule has 0 amide bonds. The third kappa shape index (κ3) is 3.94. The first kappa shape index (κ1) is 24.8. The van der Waals surface area contributed by atoms with Crippen LogP contribution in [0.2, 0.25) is 0 Å². The zero-order valence-corrected chi connectivity index (χ0v) is 22.5. The normalized spacial score (nSPS) is 47.4. The van der Waals surface area contributed by atoms with E-state index in [2.05, 4.69) is 54.5 Å². The van der Waals surface area contributed by atoms with Gasteiger partial charge in [0, 0.05) is 0 Å². The molecule has 2 heteroatoms. The molecule has 1 aliphatic heterocycles. The summed E-state index contributed by atoms with van der Waals surface area (Å²) in [4.78, 5) is 0. The smallest absolute Gasteiger partial charge is 0.0883 e. The Bertz CT molecular complexity index is 731. The Morgan fingerprint density at radius 1 is 0.875 bits per heavy atom. The maximum atomic E-state index is 11.3. The van der Waals surface area contributed by atoms with Crippen molar-refractivity contribution < 1.29 is 9.84 Å². The van der Waals surface area contributed by atoms with Crippen molar-refractivity contribution >= 4 is 0 Å². The van der Waals surface area contributed by atoms with Gasteiger partial charge in [0.15, 0.2) is 0 Å². The molecule has 0 aromatic carbocycles. The van der Waals surface area contributed by atoms with E-state index in [0.717, 1.165) is 37.5 Å². The number of ether oxygens (including phenoxy) is 1. The average Bonchev–Trinajstić information content (AvgIpc) is 3.23. The molecule has 1 heterocycles. The summed E-state index contributed by atoms with van der Waals surface area (Å²) < 4.78 is 6.91. The fourth-order valence-electron chi connectivity index (χ4n) is 9.80. The Labute approximate surface area is 199 Å². The predicted octanol–water partition coefficient (Wildman–Crippen LogP) is 8.08. The lowest BCUT2D eigenvalue weighted by atomic mass is 9.43. The monoisotopic (exact) mass is 444 g/mol. The predicted molar refractivity (Wildman–Crippen MR) is 135 cm³/mol. The summed E-state index contributed by atoms with van der Waals surface area (Å²) in [7, 11) is 0. The molecule has 0 unspecified atom stereocenters. The second-order valence-electron chi connectivity index (χ2n) is 14.3. The van der Waals surface area contributed by atoms with Crippen molar-refractivity contribution in [2.24, 2.45) is 34.0 Å². The molecule has 0 aromatic rings. The number of hydrogen-bond acceptors (Lipinski definition) is 2. The highest BCUT2D eigenvalue weighted by molar-refractivity contribution is 5.15. The summed E-state index contributed by atoms with van der Waals surface area (Å²) in [6, 6.07) is 0. The van der Waals surface area contributed by atoms with Gasteiger partial charge in [-0.2, -0.15) is 0 Å². The highest BCUT2D eigenvalue weighted by atomic mass is 16.5. The van der Waals surface area contributed by atoms with Gasteiger partial charge in [0.25, 0.3) is 0 Å². The van der Waals surface area contributed by atoms with Gasteiger partial charge in [0.05, 0.1) is 17.3 Å². The largest absolute Gasteiger partial charge is 0.387 e. The van der Waals surface area contributed by atoms with Gasteiger partial charge in [0.2, 0.25) is 0 Å². The molecule has 8 atom stereocenters. The highest BCUT2D eigenvalue weighted by Gasteiger charge is 2.65. The van der Waals surface area contributed by atoms with E-state index in [1.54, 1.807) is 0 Å². The Balaban J connectivity index is 1.51. The van der Waals surface area contributed by atoms with E-state index in [1.807, 2.05) is 6.92 Å². The maximum Gasteiger partial charge on any atom is 0.0883 e. The summed E-state index contributed by atoms with van der Waals surface area (Å²) in [5, 5.41) is 11.3. The standard InChI is InChI=1S/C30H52O2/c1-21(2)11-9-18-29(7,31)25-15-20-30(8,32-25)24-13-12-23-27(5)17-10-16-26(3,4)22(27)14-19-28(23,24)6/h11,22-25,31H,9-10,12-20H2,1-8H3/t22-,23+,24-,25+,27-,28+,29+,30-/m0/s1. The van der Waals surface area contributed by atoms with Gasteiger partial charge in [0.1, 0.15) is 0 Å². The molecule has 0 aromatic heterocycles. The third-order valence-electron chi connectivity index (χ3n) is 11.3. The number of allylic oxidation sites excluding steroid dienone is 2. The molecule has 184 valence electrons. The number of hydrogen-bond donors (Lipinski definition) is 1. The van der Waals surface area contributed by atoms with Gasteiger partial charge in [-0.05, 0) is 126 Å². The van der Waals surface area contributed by atoms with Crippen LogP contribution in [0, 0.1) is 34.0 Å². The van der Waals surface area contributed by atoms with E-state index in [-0.39, 0.29) is 11.7 Å². The topological polar surface area (TPSA) is 29.5 Å². The third-order valence-corrected chi connectivity index (χ3v) is 11.3. The SMILES string of the molecule is CC(C)=CCC[C@@](C)(O)[C@H]1CC[C@@](C)([C@H]2CC[C@@H]3[C@@]4(C)CCCC(C)(C)[C@@H]4CC[C@]32C)O1. The zero-order chi connectivity index (χ0) is 23.6. The lowest BCUT2D eigenvalue weighted by Gasteiger charge is -2.62. The van der Waals surface area contributed by atoms with Crippen molar-refractivity contribution in [1.82, 2.24) is 0 Å². The van der Waals surface area contributed by atoms with Crippen LogP contribution in [0.3, 0.4) is 0 Å². The molecular weight excluding hydrogens is 392 g/mol. The van der Waals surface area contributed by atoms with Crippen LogP contribution < -0.4 is 0 Å². The van der Waals surface area contributed by atoms with Crippen molar-refractivity contribution in [2.75, 3.05) is 0 Å². The van der Waals surface area contributed by atoms with Gasteiger partial charge >= 0.3 is 0 Å². The van der Waals surface area contributed by atoms with E-state index in [0.29, 0.717) is 22.2 Å². The molecule has 3 saturated carbocycles. The number of fused-ring (bicyclic) bond motifs is 3. The molecule has 0 bridgehead atoms. The molecular formula is C30H52O2. The Kier molecular flexibility index (Phi) is 6.28. The minimum Gasteiger partial charge on any atom is -0.387 e. The van der Waals surface area contributed by atoms with Gasteiger partial charge in [-0.15, -0.1) is 0 Å². The molecule has 1 saturated heterocycles. The van der Waals surface area contributed by atoms with Crippen molar-refractivity contribution in [1.29, 1.82) is 0 Å². The summed E-state index contributed by atoms with van der Waals surface area (Å²) in [5.74, 6) is 2.33. The minimum atomic E-state index is -0.736. The van der Waals surface area contributed by atoms with Crippen LogP contribution >= 0.6 is 0 Å².